The number of aromatic nitrogens is 2. The highest BCUT2D eigenvalue weighted by Gasteiger charge is 1.97. The van der Waals surface area contributed by atoms with Gasteiger partial charge in [-0.3, -0.25) is 5.10 Å². The zero-order chi connectivity index (χ0) is 9.68. The molecule has 0 saturated carbocycles. The van der Waals surface area contributed by atoms with Crippen molar-refractivity contribution in [3.05, 3.63) is 11.8 Å². The summed E-state index contributed by atoms with van der Waals surface area (Å²) in [6.07, 6.45) is 1.45. The van der Waals surface area contributed by atoms with E-state index >= 15 is 0 Å². The second-order valence-corrected chi connectivity index (χ2v) is 2.17. The van der Waals surface area contributed by atoms with Crippen LogP contribution in [-0.2, 0) is 9.53 Å². The number of rotatable bonds is 1. The van der Waals surface area contributed by atoms with Crippen molar-refractivity contribution < 1.29 is 9.53 Å². The lowest BCUT2D eigenvalue weighted by Gasteiger charge is -1.90. The van der Waals surface area contributed by atoms with Gasteiger partial charge in [0.1, 0.15) is 5.82 Å². The first-order valence-electron chi connectivity index (χ1n) is 3.71. The predicted octanol–water partition coefficient (Wildman–Crippen LogP) is -0.0935. The van der Waals surface area contributed by atoms with Gasteiger partial charge in [-0.25, -0.2) is 4.79 Å². The summed E-state index contributed by atoms with van der Waals surface area (Å²) in [6, 6.07) is 0. The van der Waals surface area contributed by atoms with E-state index in [2.05, 4.69) is 26.8 Å². The fourth-order valence-corrected chi connectivity index (χ4v) is 0.681. The number of carbonyl (C=O) groups excluding carboxylic acids is 1. The summed E-state index contributed by atoms with van der Waals surface area (Å²) in [7, 11) is 0. The first kappa shape index (κ1) is 9.13. The largest absolute Gasteiger partial charge is 0.456 e. The average molecular weight is 179 g/mol. The molecule has 0 unspecified atom stereocenters. The van der Waals surface area contributed by atoms with Crippen LogP contribution in [0.15, 0.2) is 6.20 Å². The normalized spacial score (nSPS) is 8.69. The van der Waals surface area contributed by atoms with Gasteiger partial charge in [-0.05, 0) is 12.8 Å². The first-order chi connectivity index (χ1) is 6.24. The van der Waals surface area contributed by atoms with E-state index < -0.39 is 5.97 Å². The van der Waals surface area contributed by atoms with Gasteiger partial charge in [0.15, 0.2) is 0 Å². The number of hydrogen-bond donors (Lipinski definition) is 2. The zero-order valence-electron chi connectivity index (χ0n) is 7.13. The molecule has 5 nitrogen and oxygen atoms in total. The third-order valence-electron chi connectivity index (χ3n) is 1.24. The lowest BCUT2D eigenvalue weighted by molar-refractivity contribution is -0.136. The number of hydrogen-bond acceptors (Lipinski definition) is 4. The summed E-state index contributed by atoms with van der Waals surface area (Å²) >= 11 is 0. The topological polar surface area (TPSA) is 81.0 Å². The third-order valence-corrected chi connectivity index (χ3v) is 1.24. The minimum atomic E-state index is -0.567. The van der Waals surface area contributed by atoms with Gasteiger partial charge in [0.2, 0.25) is 0 Å². The molecule has 1 rings (SSSR count). The van der Waals surface area contributed by atoms with Crippen LogP contribution in [0.5, 0.6) is 0 Å². The number of esters is 1. The average Bonchev–Trinajstić information content (AvgIpc) is 2.48. The van der Waals surface area contributed by atoms with E-state index in [1.54, 1.807) is 6.92 Å². The maximum atomic E-state index is 10.8. The van der Waals surface area contributed by atoms with Crippen molar-refractivity contribution in [2.45, 2.75) is 6.92 Å². The van der Waals surface area contributed by atoms with Crippen molar-refractivity contribution in [1.82, 2.24) is 10.2 Å². The van der Waals surface area contributed by atoms with Gasteiger partial charge in [0.05, 0.1) is 18.4 Å². The van der Waals surface area contributed by atoms with E-state index in [1.807, 2.05) is 0 Å². The number of anilines is 1. The molecular formula is C8H9N3O2. The Kier molecular flexibility index (Phi) is 2.92. The Morgan fingerprint density at radius 3 is 3.15 bits per heavy atom. The van der Waals surface area contributed by atoms with E-state index in [-0.39, 0.29) is 0 Å². The molecule has 1 aromatic heterocycles. The summed E-state index contributed by atoms with van der Waals surface area (Å²) in [6.45, 7) is 2.03. The molecule has 0 aliphatic rings. The molecule has 0 aliphatic carbocycles. The van der Waals surface area contributed by atoms with Gasteiger partial charge in [0.25, 0.3) is 0 Å². The highest BCUT2D eigenvalue weighted by Crippen LogP contribution is 2.02. The van der Waals surface area contributed by atoms with Crippen LogP contribution >= 0.6 is 0 Å². The fraction of sp³-hybridized carbons (Fsp3) is 0.250. The van der Waals surface area contributed by atoms with Crippen molar-refractivity contribution >= 4 is 11.8 Å². The van der Waals surface area contributed by atoms with Crippen LogP contribution in [0, 0.1) is 11.8 Å². The van der Waals surface area contributed by atoms with Crippen LogP contribution < -0.4 is 5.73 Å². The minimum absolute atomic E-state index is 0.314. The number of aromatic amines is 1. The molecule has 0 saturated heterocycles. The second kappa shape index (κ2) is 4.16. The molecule has 0 bridgehead atoms. The maximum Gasteiger partial charge on any atom is 0.384 e. The standard InChI is InChI=1S/C8H9N3O2/c1-2-13-7(12)4-3-6-5-10-11-8(6)9/h5H,2H2,1H3,(H3,9,10,11). The Morgan fingerprint density at radius 1 is 1.85 bits per heavy atom. The van der Waals surface area contributed by atoms with Gasteiger partial charge < -0.3 is 10.5 Å². The summed E-state index contributed by atoms with van der Waals surface area (Å²) in [5.74, 6) is 4.59. The highest BCUT2D eigenvalue weighted by molar-refractivity contribution is 5.89. The molecule has 0 radical (unpaired) electrons. The Labute approximate surface area is 75.3 Å². The summed E-state index contributed by atoms with van der Waals surface area (Å²) in [4.78, 5) is 10.8. The molecular weight excluding hydrogens is 170 g/mol. The molecule has 13 heavy (non-hydrogen) atoms. The van der Waals surface area contributed by atoms with Gasteiger partial charge >= 0.3 is 5.97 Å². The minimum Gasteiger partial charge on any atom is -0.456 e. The summed E-state index contributed by atoms with van der Waals surface area (Å²) < 4.78 is 4.60. The molecule has 0 atom stereocenters. The lowest BCUT2D eigenvalue weighted by Crippen LogP contribution is -1.99. The molecule has 1 heterocycles. The van der Waals surface area contributed by atoms with Crippen LogP contribution in [0.1, 0.15) is 12.5 Å². The highest BCUT2D eigenvalue weighted by atomic mass is 16.5. The number of nitrogens with one attached hydrogen (secondary N) is 1. The SMILES string of the molecule is CCOC(=O)C#Cc1cn[nH]c1N. The van der Waals surface area contributed by atoms with Crippen molar-refractivity contribution in [3.63, 3.8) is 0 Å². The van der Waals surface area contributed by atoms with Crippen LogP contribution in [0.2, 0.25) is 0 Å². The number of nitrogen functional groups attached to an aromatic ring is 1. The van der Waals surface area contributed by atoms with Gasteiger partial charge in [-0.15, -0.1) is 0 Å². The third kappa shape index (κ3) is 2.52. The predicted molar refractivity (Wildman–Crippen MR) is 46.5 cm³/mol. The number of ether oxygens (including phenoxy) is 1. The Hall–Kier alpha value is -1.96. The van der Waals surface area contributed by atoms with E-state index in [0.29, 0.717) is 18.0 Å². The van der Waals surface area contributed by atoms with Crippen molar-refractivity contribution in [1.29, 1.82) is 0 Å². The Balaban J connectivity index is 2.67. The smallest absolute Gasteiger partial charge is 0.384 e. The number of H-pyrrole nitrogens is 1. The number of nitrogens with zero attached hydrogens (tertiary/aromatic N) is 1. The molecule has 68 valence electrons. The Morgan fingerprint density at radius 2 is 2.62 bits per heavy atom. The summed E-state index contributed by atoms with van der Waals surface area (Å²) in [5, 5.41) is 6.14. The molecule has 0 aromatic carbocycles. The fourth-order valence-electron chi connectivity index (χ4n) is 0.681. The van der Waals surface area contributed by atoms with E-state index in [4.69, 9.17) is 5.73 Å². The Bertz CT molecular complexity index is 359. The second-order valence-electron chi connectivity index (χ2n) is 2.17. The maximum absolute atomic E-state index is 10.8. The van der Waals surface area contributed by atoms with E-state index in [1.165, 1.54) is 6.20 Å². The quantitative estimate of drug-likeness (QED) is 0.466. The van der Waals surface area contributed by atoms with E-state index in [0.717, 1.165) is 0 Å². The van der Waals surface area contributed by atoms with Gasteiger partial charge in [-0.2, -0.15) is 5.10 Å². The lowest BCUT2D eigenvalue weighted by atomic mass is 10.3. The van der Waals surface area contributed by atoms with Crippen LogP contribution in [0.25, 0.3) is 0 Å². The van der Waals surface area contributed by atoms with Gasteiger partial charge in [0, 0.05) is 5.92 Å². The van der Waals surface area contributed by atoms with Gasteiger partial charge in [-0.1, -0.05) is 0 Å². The van der Waals surface area contributed by atoms with Crippen LogP contribution in [-0.4, -0.2) is 22.8 Å². The molecule has 1 aromatic rings. The summed E-state index contributed by atoms with van der Waals surface area (Å²) in [5.41, 5.74) is 5.92. The molecule has 0 fully saturated rings. The molecule has 0 aliphatic heterocycles. The monoisotopic (exact) mass is 179 g/mol. The number of carbonyl (C=O) groups is 1. The van der Waals surface area contributed by atoms with Crippen LogP contribution in [0.4, 0.5) is 5.82 Å². The van der Waals surface area contributed by atoms with Crippen molar-refractivity contribution in [2.75, 3.05) is 12.3 Å². The van der Waals surface area contributed by atoms with Crippen molar-refractivity contribution in [2.24, 2.45) is 0 Å². The molecule has 0 spiro atoms. The first-order valence-corrected chi connectivity index (χ1v) is 3.71. The molecule has 3 N–H and O–H groups in total. The van der Waals surface area contributed by atoms with Crippen molar-refractivity contribution in [3.8, 4) is 11.8 Å². The molecule has 5 heteroatoms. The number of nitrogens with two attached hydrogens (primary N) is 1. The zero-order valence-corrected chi connectivity index (χ0v) is 7.13. The van der Waals surface area contributed by atoms with Crippen LogP contribution in [0.3, 0.4) is 0 Å². The van der Waals surface area contributed by atoms with E-state index in [9.17, 15) is 4.79 Å². The molecule has 0 amide bonds.